The van der Waals surface area contributed by atoms with E-state index in [0.29, 0.717) is 35.5 Å². The van der Waals surface area contributed by atoms with Crippen LogP contribution in [0.1, 0.15) is 30.2 Å². The Bertz CT molecular complexity index is 1490. The summed E-state index contributed by atoms with van der Waals surface area (Å²) in [6.45, 7) is 4.06. The lowest BCUT2D eigenvalue weighted by molar-refractivity contribution is 0.321. The van der Waals surface area contributed by atoms with E-state index in [1.807, 2.05) is 13.0 Å². The van der Waals surface area contributed by atoms with E-state index in [0.717, 1.165) is 17.7 Å². The van der Waals surface area contributed by atoms with Crippen LogP contribution in [-0.4, -0.2) is 26.1 Å². The maximum atomic E-state index is 15.0. The number of aromatic amines is 1. The molecule has 32 heavy (non-hydrogen) atoms. The monoisotopic (exact) mass is 432 g/mol. The number of H-pyrrole nitrogens is 1. The number of nitrogens with one attached hydrogen (secondary N) is 1. The third-order valence-corrected chi connectivity index (χ3v) is 5.71. The smallest absolute Gasteiger partial charge is 0.334 e. The van der Waals surface area contributed by atoms with E-state index in [1.165, 1.54) is 10.6 Å². The molecule has 0 saturated carbocycles. The first-order valence-electron chi connectivity index (χ1n) is 10.5. The van der Waals surface area contributed by atoms with Crippen molar-refractivity contribution in [2.24, 2.45) is 0 Å². The zero-order valence-corrected chi connectivity index (χ0v) is 17.7. The lowest BCUT2D eigenvalue weighted by Gasteiger charge is -2.17. The average Bonchev–Trinajstić information content (AvgIpc) is 2.78. The number of rotatable bonds is 2. The van der Waals surface area contributed by atoms with E-state index in [4.69, 9.17) is 4.74 Å². The Morgan fingerprint density at radius 1 is 1.25 bits per heavy atom. The van der Waals surface area contributed by atoms with Crippen molar-refractivity contribution in [3.63, 3.8) is 0 Å². The molecule has 0 spiro atoms. The molecule has 3 aromatic heterocycles. The van der Waals surface area contributed by atoms with Gasteiger partial charge in [-0.25, -0.2) is 18.7 Å². The van der Waals surface area contributed by atoms with Gasteiger partial charge in [0.25, 0.3) is 5.56 Å². The molecule has 5 rings (SSSR count). The second kappa shape index (κ2) is 7.71. The van der Waals surface area contributed by atoms with Crippen LogP contribution in [0.25, 0.3) is 28.0 Å². The molecule has 0 amide bonds. The summed E-state index contributed by atoms with van der Waals surface area (Å²) < 4.78 is 22.4. The number of hydrogen-bond acceptors (Lipinski definition) is 5. The molecule has 4 heterocycles. The van der Waals surface area contributed by atoms with E-state index in [9.17, 15) is 14.0 Å². The molecule has 0 fully saturated rings. The normalized spacial score (nSPS) is 12.7. The van der Waals surface area contributed by atoms with Crippen LogP contribution in [0.4, 0.5) is 4.39 Å². The Balaban J connectivity index is 1.99. The van der Waals surface area contributed by atoms with Crippen molar-refractivity contribution in [3.8, 4) is 22.7 Å². The van der Waals surface area contributed by atoms with Gasteiger partial charge in [-0.3, -0.25) is 14.8 Å². The van der Waals surface area contributed by atoms with Crippen LogP contribution < -0.4 is 16.0 Å². The third-order valence-electron chi connectivity index (χ3n) is 5.71. The largest absolute Gasteiger partial charge is 0.492 e. The fourth-order valence-electron chi connectivity index (χ4n) is 4.28. The molecular weight excluding hydrogens is 411 g/mol. The standard InChI is InChI=1S/C24H21FN4O3/c1-3-5-17-21-14(8-10-26-17)9-11-32-18-7-4-6-16(25)19(18)20-13(2)12-15-22(27-20)29(21)24(31)28-23(15)30/h4,6-8,10,12H,3,5,9,11H2,1-2H3,(H,28,30,31). The van der Waals surface area contributed by atoms with Gasteiger partial charge in [-0.15, -0.1) is 0 Å². The predicted molar refractivity (Wildman–Crippen MR) is 119 cm³/mol. The van der Waals surface area contributed by atoms with Crippen molar-refractivity contribution >= 4 is 11.0 Å². The lowest BCUT2D eigenvalue weighted by Crippen LogP contribution is -2.31. The van der Waals surface area contributed by atoms with E-state index in [-0.39, 0.29) is 23.2 Å². The van der Waals surface area contributed by atoms with Gasteiger partial charge in [0.05, 0.1) is 34.6 Å². The molecule has 7 nitrogen and oxygen atoms in total. The molecule has 1 N–H and O–H groups in total. The quantitative estimate of drug-likeness (QED) is 0.524. The highest BCUT2D eigenvalue weighted by Gasteiger charge is 2.23. The fraction of sp³-hybridized carbons (Fsp3) is 0.250. The van der Waals surface area contributed by atoms with Crippen molar-refractivity contribution in [2.45, 2.75) is 33.1 Å². The summed E-state index contributed by atoms with van der Waals surface area (Å²) in [6, 6.07) is 8.09. The molecule has 0 unspecified atom stereocenters. The fourth-order valence-corrected chi connectivity index (χ4v) is 4.28. The lowest BCUT2D eigenvalue weighted by atomic mass is 10.0. The second-order valence-corrected chi connectivity index (χ2v) is 7.85. The average molecular weight is 432 g/mol. The topological polar surface area (TPSA) is 89.9 Å². The number of fused-ring (bicyclic) bond motifs is 5. The predicted octanol–water partition coefficient (Wildman–Crippen LogP) is 3.47. The molecule has 0 radical (unpaired) electrons. The number of halogens is 1. The summed E-state index contributed by atoms with van der Waals surface area (Å²) >= 11 is 0. The molecular formula is C24H21FN4O3. The maximum Gasteiger partial charge on any atom is 0.334 e. The summed E-state index contributed by atoms with van der Waals surface area (Å²) in [4.78, 5) is 37.4. The zero-order chi connectivity index (χ0) is 22.4. The number of hydrogen-bond donors (Lipinski definition) is 1. The minimum Gasteiger partial charge on any atom is -0.492 e. The third kappa shape index (κ3) is 3.10. The van der Waals surface area contributed by atoms with Gasteiger partial charge < -0.3 is 4.74 Å². The van der Waals surface area contributed by atoms with Crippen molar-refractivity contribution < 1.29 is 9.13 Å². The number of ether oxygens (including phenoxy) is 1. The Morgan fingerprint density at radius 3 is 2.91 bits per heavy atom. The number of pyridine rings is 2. The zero-order valence-electron chi connectivity index (χ0n) is 17.7. The van der Waals surface area contributed by atoms with Crippen molar-refractivity contribution in [3.05, 3.63) is 80.0 Å². The molecule has 0 aliphatic carbocycles. The Hall–Kier alpha value is -3.81. The highest BCUT2D eigenvalue weighted by molar-refractivity contribution is 5.83. The highest BCUT2D eigenvalue weighted by Crippen LogP contribution is 2.35. The first-order valence-corrected chi connectivity index (χ1v) is 10.5. The molecule has 1 aliphatic rings. The van der Waals surface area contributed by atoms with Crippen molar-refractivity contribution in [2.75, 3.05) is 6.61 Å². The van der Waals surface area contributed by atoms with Crippen LogP contribution in [-0.2, 0) is 12.8 Å². The maximum absolute atomic E-state index is 15.0. The van der Waals surface area contributed by atoms with Crippen LogP contribution in [0, 0.1) is 12.7 Å². The Kier molecular flexibility index (Phi) is 4.84. The molecule has 1 aliphatic heterocycles. The van der Waals surface area contributed by atoms with Crippen LogP contribution >= 0.6 is 0 Å². The van der Waals surface area contributed by atoms with Crippen LogP contribution in [0.5, 0.6) is 5.75 Å². The van der Waals surface area contributed by atoms with Gasteiger partial charge in [0, 0.05) is 12.6 Å². The number of nitrogens with zero attached hydrogens (tertiary/aromatic N) is 3. The summed E-state index contributed by atoms with van der Waals surface area (Å²) in [5.41, 5.74) is 2.33. The molecule has 4 aromatic rings. The minimum atomic E-state index is -0.606. The van der Waals surface area contributed by atoms with Gasteiger partial charge in [0.15, 0.2) is 5.65 Å². The van der Waals surface area contributed by atoms with Gasteiger partial charge >= 0.3 is 5.69 Å². The van der Waals surface area contributed by atoms with E-state index < -0.39 is 17.1 Å². The molecule has 1 aromatic carbocycles. The summed E-state index contributed by atoms with van der Waals surface area (Å²) in [5.74, 6) is -0.119. The molecule has 0 atom stereocenters. The molecule has 8 heteroatoms. The molecule has 2 bridgehead atoms. The summed E-state index contributed by atoms with van der Waals surface area (Å²) in [5, 5.41) is 0.251. The van der Waals surface area contributed by atoms with Crippen LogP contribution in [0.2, 0.25) is 0 Å². The van der Waals surface area contributed by atoms with Crippen molar-refractivity contribution in [1.29, 1.82) is 0 Å². The van der Waals surface area contributed by atoms with E-state index in [1.54, 1.807) is 31.3 Å². The summed E-state index contributed by atoms with van der Waals surface area (Å²) in [7, 11) is 0. The molecule has 0 saturated heterocycles. The SMILES string of the molecule is CCCc1nccc2c1-n1c(=O)[nH]c(=O)c3cc(C)c(nc31)-c1c(F)cccc1OCC2. The van der Waals surface area contributed by atoms with Gasteiger partial charge in [-0.1, -0.05) is 19.4 Å². The minimum absolute atomic E-state index is 0.169. The summed E-state index contributed by atoms with van der Waals surface area (Å²) in [6.07, 6.45) is 3.64. The Labute approximate surface area is 182 Å². The van der Waals surface area contributed by atoms with E-state index in [2.05, 4.69) is 15.0 Å². The second-order valence-electron chi connectivity index (χ2n) is 7.85. The van der Waals surface area contributed by atoms with Crippen LogP contribution in [0.3, 0.4) is 0 Å². The van der Waals surface area contributed by atoms with Gasteiger partial charge in [0.2, 0.25) is 0 Å². The van der Waals surface area contributed by atoms with Crippen LogP contribution in [0.15, 0.2) is 46.1 Å². The first kappa shape index (κ1) is 20.1. The number of benzene rings is 1. The molecule has 162 valence electrons. The highest BCUT2D eigenvalue weighted by atomic mass is 19.1. The van der Waals surface area contributed by atoms with Gasteiger partial charge in [-0.05, 0) is 48.7 Å². The number of aromatic nitrogens is 4. The first-order chi connectivity index (χ1) is 15.5. The Morgan fingerprint density at radius 2 is 2.09 bits per heavy atom. The van der Waals surface area contributed by atoms with Crippen molar-refractivity contribution in [1.82, 2.24) is 19.5 Å². The van der Waals surface area contributed by atoms with E-state index >= 15 is 0 Å². The van der Waals surface area contributed by atoms with Gasteiger partial charge in [0.1, 0.15) is 11.6 Å². The van der Waals surface area contributed by atoms with Gasteiger partial charge in [-0.2, -0.15) is 0 Å². The number of aryl methyl sites for hydroxylation is 2.